The number of benzene rings is 2. The van der Waals surface area contributed by atoms with Gasteiger partial charge in [-0.25, -0.2) is 4.79 Å². The van der Waals surface area contributed by atoms with Crippen molar-refractivity contribution in [3.63, 3.8) is 0 Å². The number of aliphatic hydroxyl groups excluding tert-OH is 2. The van der Waals surface area contributed by atoms with Crippen LogP contribution in [-0.2, 0) is 4.79 Å². The summed E-state index contributed by atoms with van der Waals surface area (Å²) in [6.07, 6.45) is -3.26. The summed E-state index contributed by atoms with van der Waals surface area (Å²) >= 11 is 0. The monoisotopic (exact) mass is 345 g/mol. The molecule has 1 heterocycles. The Kier molecular flexibility index (Phi) is 4.07. The fourth-order valence-corrected chi connectivity index (χ4v) is 2.91. The number of carbonyl (C=O) groups excluding carboxylic acids is 1. The molecule has 1 aliphatic rings. The first-order valence-electron chi connectivity index (χ1n) is 7.35. The van der Waals surface area contributed by atoms with E-state index in [1.807, 2.05) is 0 Å². The molecule has 1 amide bonds. The van der Waals surface area contributed by atoms with Crippen molar-refractivity contribution < 1.29 is 35.1 Å². The van der Waals surface area contributed by atoms with Crippen molar-refractivity contribution in [2.45, 2.75) is 18.4 Å². The third-order valence-electron chi connectivity index (χ3n) is 4.16. The number of hydrogen-bond donors (Lipinski definition) is 5. The summed E-state index contributed by atoms with van der Waals surface area (Å²) in [5.74, 6) is -3.23. The van der Waals surface area contributed by atoms with Gasteiger partial charge in [-0.1, -0.05) is 24.3 Å². The van der Waals surface area contributed by atoms with Gasteiger partial charge in [0.15, 0.2) is 23.8 Å². The van der Waals surface area contributed by atoms with Crippen LogP contribution in [0.15, 0.2) is 42.5 Å². The molecule has 0 spiro atoms. The Morgan fingerprint density at radius 1 is 1.08 bits per heavy atom. The minimum atomic E-state index is -1.79. The van der Waals surface area contributed by atoms with E-state index in [1.165, 1.54) is 18.2 Å². The zero-order valence-electron chi connectivity index (χ0n) is 12.8. The summed E-state index contributed by atoms with van der Waals surface area (Å²) in [6.45, 7) is 0. The summed E-state index contributed by atoms with van der Waals surface area (Å²) in [5.41, 5.74) is 0.375. The lowest BCUT2D eigenvalue weighted by atomic mass is 10.00. The van der Waals surface area contributed by atoms with E-state index in [-0.39, 0.29) is 16.7 Å². The molecule has 2 aromatic carbocycles. The number of phenols is 2. The molecule has 2 aromatic rings. The van der Waals surface area contributed by atoms with Crippen LogP contribution in [0.25, 0.3) is 0 Å². The highest BCUT2D eigenvalue weighted by Gasteiger charge is 2.46. The van der Waals surface area contributed by atoms with Gasteiger partial charge in [0.25, 0.3) is 5.91 Å². The Bertz CT molecular complexity index is 851. The number of phenolic OH excluding ortho intramolecular Hbond substituents is 2. The molecule has 0 aromatic heterocycles. The van der Waals surface area contributed by atoms with E-state index in [0.717, 1.165) is 12.1 Å². The lowest BCUT2D eigenvalue weighted by molar-refractivity contribution is -0.151. The number of nitrogens with zero attached hydrogens (tertiary/aromatic N) is 1. The van der Waals surface area contributed by atoms with Crippen LogP contribution in [0.3, 0.4) is 0 Å². The number of carboxylic acids is 1. The molecule has 0 bridgehead atoms. The highest BCUT2D eigenvalue weighted by atomic mass is 16.4. The van der Waals surface area contributed by atoms with Crippen molar-refractivity contribution in [3.05, 3.63) is 59.2 Å². The SMILES string of the molecule is O=C(O)C(C(O)c1ccc(O)c(O)c1)N1C(=O)c2ccccc2C1O. The average Bonchev–Trinajstić information content (AvgIpc) is 2.83. The normalized spacial score (nSPS) is 18.7. The van der Waals surface area contributed by atoms with E-state index in [4.69, 9.17) is 0 Å². The van der Waals surface area contributed by atoms with Gasteiger partial charge in [0.1, 0.15) is 6.10 Å². The van der Waals surface area contributed by atoms with Crippen molar-refractivity contribution in [3.8, 4) is 11.5 Å². The van der Waals surface area contributed by atoms with Gasteiger partial charge in [-0.3, -0.25) is 9.69 Å². The Morgan fingerprint density at radius 2 is 1.76 bits per heavy atom. The van der Waals surface area contributed by atoms with E-state index < -0.39 is 41.7 Å². The lowest BCUT2D eigenvalue weighted by Gasteiger charge is -2.31. The van der Waals surface area contributed by atoms with Crippen molar-refractivity contribution in [1.82, 2.24) is 4.90 Å². The van der Waals surface area contributed by atoms with Crippen molar-refractivity contribution in [2.75, 3.05) is 0 Å². The maximum absolute atomic E-state index is 12.5. The fourth-order valence-electron chi connectivity index (χ4n) is 2.91. The zero-order chi connectivity index (χ0) is 18.3. The molecule has 8 heteroatoms. The minimum Gasteiger partial charge on any atom is -0.504 e. The molecule has 3 atom stereocenters. The van der Waals surface area contributed by atoms with Gasteiger partial charge in [-0.05, 0) is 23.8 Å². The molecule has 1 aliphatic heterocycles. The summed E-state index contributed by atoms with van der Waals surface area (Å²) in [4.78, 5) is 24.9. The van der Waals surface area contributed by atoms with Crippen molar-refractivity contribution in [1.29, 1.82) is 0 Å². The van der Waals surface area contributed by atoms with Gasteiger partial charge in [-0.2, -0.15) is 0 Å². The number of fused-ring (bicyclic) bond motifs is 1. The van der Waals surface area contributed by atoms with Gasteiger partial charge in [0.05, 0.1) is 0 Å². The van der Waals surface area contributed by atoms with Crippen LogP contribution in [0, 0.1) is 0 Å². The number of carboxylic acid groups (broad SMARTS) is 1. The predicted molar refractivity (Wildman–Crippen MR) is 83.7 cm³/mol. The number of aromatic hydroxyl groups is 2. The lowest BCUT2D eigenvalue weighted by Crippen LogP contribution is -2.47. The smallest absolute Gasteiger partial charge is 0.329 e. The second-order valence-electron chi connectivity index (χ2n) is 5.65. The number of amides is 1. The largest absolute Gasteiger partial charge is 0.504 e. The Morgan fingerprint density at radius 3 is 2.36 bits per heavy atom. The standard InChI is InChI=1S/C17H15NO7/c19-11-6-5-8(7-12(11)20)14(21)13(17(24)25)18-15(22)9-3-1-2-4-10(9)16(18)23/h1-7,13-15,19-22H,(H,24,25). The zero-order valence-corrected chi connectivity index (χ0v) is 12.8. The van der Waals surface area contributed by atoms with Crippen molar-refractivity contribution in [2.24, 2.45) is 0 Å². The quantitative estimate of drug-likeness (QED) is 0.515. The van der Waals surface area contributed by atoms with Gasteiger partial charge in [0, 0.05) is 11.1 Å². The first-order chi connectivity index (χ1) is 11.8. The van der Waals surface area contributed by atoms with Gasteiger partial charge >= 0.3 is 5.97 Å². The van der Waals surface area contributed by atoms with E-state index in [2.05, 4.69) is 0 Å². The Labute approximate surface area is 141 Å². The van der Waals surface area contributed by atoms with E-state index in [1.54, 1.807) is 12.1 Å². The second-order valence-corrected chi connectivity index (χ2v) is 5.65. The highest BCUT2D eigenvalue weighted by Crippen LogP contribution is 2.37. The summed E-state index contributed by atoms with van der Waals surface area (Å²) in [5, 5.41) is 49.2. The topological polar surface area (TPSA) is 139 Å². The molecule has 25 heavy (non-hydrogen) atoms. The Balaban J connectivity index is 2.01. The third kappa shape index (κ3) is 2.67. The van der Waals surface area contributed by atoms with Gasteiger partial charge in [0.2, 0.25) is 0 Å². The molecule has 130 valence electrons. The van der Waals surface area contributed by atoms with Crippen LogP contribution in [0.4, 0.5) is 0 Å². The van der Waals surface area contributed by atoms with Crippen LogP contribution < -0.4 is 0 Å². The molecule has 3 unspecified atom stereocenters. The van der Waals surface area contributed by atoms with Crippen LogP contribution >= 0.6 is 0 Å². The first-order valence-corrected chi connectivity index (χ1v) is 7.35. The van der Waals surface area contributed by atoms with Gasteiger partial charge in [-0.15, -0.1) is 0 Å². The highest BCUT2D eigenvalue weighted by molar-refractivity contribution is 6.01. The summed E-state index contributed by atoms with van der Waals surface area (Å²) < 4.78 is 0. The molecule has 0 aliphatic carbocycles. The first kappa shape index (κ1) is 16.7. The Hall–Kier alpha value is -3.10. The molecule has 0 fully saturated rings. The number of aliphatic hydroxyl groups is 2. The molecule has 3 rings (SSSR count). The van der Waals surface area contributed by atoms with E-state index in [9.17, 15) is 35.1 Å². The van der Waals surface area contributed by atoms with E-state index in [0.29, 0.717) is 4.90 Å². The number of aliphatic carboxylic acids is 1. The minimum absolute atomic E-state index is 0.0290. The summed E-state index contributed by atoms with van der Waals surface area (Å²) in [6, 6.07) is 7.64. The van der Waals surface area contributed by atoms with Crippen LogP contribution in [0.2, 0.25) is 0 Å². The molecule has 8 nitrogen and oxygen atoms in total. The third-order valence-corrected chi connectivity index (χ3v) is 4.16. The second kappa shape index (κ2) is 6.08. The molecule has 0 saturated heterocycles. The summed E-state index contributed by atoms with van der Waals surface area (Å²) in [7, 11) is 0. The molecular weight excluding hydrogens is 330 g/mol. The maximum Gasteiger partial charge on any atom is 0.329 e. The average molecular weight is 345 g/mol. The van der Waals surface area contributed by atoms with E-state index >= 15 is 0 Å². The van der Waals surface area contributed by atoms with Crippen LogP contribution in [0.1, 0.15) is 33.8 Å². The number of carbonyl (C=O) groups is 2. The van der Waals surface area contributed by atoms with Crippen LogP contribution in [-0.4, -0.2) is 48.4 Å². The predicted octanol–water partition coefficient (Wildman–Crippen LogP) is 0.731. The number of hydrogen-bond acceptors (Lipinski definition) is 6. The molecule has 0 saturated carbocycles. The maximum atomic E-state index is 12.5. The van der Waals surface area contributed by atoms with Crippen LogP contribution in [0.5, 0.6) is 11.5 Å². The number of rotatable bonds is 4. The molecule has 5 N–H and O–H groups in total. The van der Waals surface area contributed by atoms with Gasteiger partial charge < -0.3 is 25.5 Å². The molecular formula is C17H15NO7. The van der Waals surface area contributed by atoms with Crippen molar-refractivity contribution >= 4 is 11.9 Å². The fraction of sp³-hybridized carbons (Fsp3) is 0.176. The molecule has 0 radical (unpaired) electrons.